The van der Waals surface area contributed by atoms with Gasteiger partial charge in [-0.1, -0.05) is 51.1 Å². The Hall–Kier alpha value is -1.76. The smallest absolute Gasteiger partial charge is 0.119 e. The monoisotopic (exact) mass is 254 g/mol. The van der Waals surface area contributed by atoms with Crippen LogP contribution in [0, 0.1) is 0 Å². The molecule has 1 heteroatoms. The molecule has 0 saturated carbocycles. The first kappa shape index (κ1) is 13.7. The molecular weight excluding hydrogens is 232 g/mol. The highest BCUT2D eigenvalue weighted by Gasteiger charge is 2.11. The summed E-state index contributed by atoms with van der Waals surface area (Å²) in [6.07, 6.45) is 2.93. The predicted octanol–water partition coefficient (Wildman–Crippen LogP) is 4.75. The highest BCUT2D eigenvalue weighted by atomic mass is 16.3. The Bertz CT molecular complexity index is 570. The van der Waals surface area contributed by atoms with Gasteiger partial charge in [0.2, 0.25) is 0 Å². The minimum Gasteiger partial charge on any atom is -0.508 e. The number of hydrogen-bond acceptors (Lipinski definition) is 1. The fourth-order valence-corrected chi connectivity index (χ4v) is 2.62. The van der Waals surface area contributed by atoms with Gasteiger partial charge in [0.15, 0.2) is 0 Å². The maximum absolute atomic E-state index is 10.0. The van der Waals surface area contributed by atoms with Crippen LogP contribution < -0.4 is 0 Å². The van der Waals surface area contributed by atoms with Crippen molar-refractivity contribution >= 4 is 0 Å². The van der Waals surface area contributed by atoms with Crippen LogP contribution in [0.25, 0.3) is 11.1 Å². The van der Waals surface area contributed by atoms with E-state index in [0.717, 1.165) is 24.8 Å². The lowest BCUT2D eigenvalue weighted by molar-refractivity contribution is 0.469. The van der Waals surface area contributed by atoms with Gasteiger partial charge in [-0.15, -0.1) is 0 Å². The molecule has 0 saturated heterocycles. The molecule has 19 heavy (non-hydrogen) atoms. The highest BCUT2D eigenvalue weighted by molar-refractivity contribution is 5.73. The van der Waals surface area contributed by atoms with E-state index >= 15 is 0 Å². The Kier molecular flexibility index (Phi) is 4.26. The SMILES string of the molecule is CCc1ccc(-c2cccc(O)c2CC)c(CC)c1. The van der Waals surface area contributed by atoms with Crippen molar-refractivity contribution in [3.8, 4) is 16.9 Å². The quantitative estimate of drug-likeness (QED) is 0.835. The maximum atomic E-state index is 10.0. The third-order valence-electron chi connectivity index (χ3n) is 3.75. The van der Waals surface area contributed by atoms with Crippen LogP contribution in [0.2, 0.25) is 0 Å². The summed E-state index contributed by atoms with van der Waals surface area (Å²) in [5.41, 5.74) is 6.20. The molecule has 0 aromatic heterocycles. The lowest BCUT2D eigenvalue weighted by Crippen LogP contribution is -1.94. The molecule has 0 aliphatic heterocycles. The van der Waals surface area contributed by atoms with Crippen molar-refractivity contribution in [1.29, 1.82) is 0 Å². The van der Waals surface area contributed by atoms with E-state index in [0.29, 0.717) is 5.75 Å². The van der Waals surface area contributed by atoms with Crippen molar-refractivity contribution in [3.05, 3.63) is 53.1 Å². The number of benzene rings is 2. The number of rotatable bonds is 4. The lowest BCUT2D eigenvalue weighted by Gasteiger charge is -2.14. The molecule has 0 bridgehead atoms. The average molecular weight is 254 g/mol. The van der Waals surface area contributed by atoms with E-state index in [4.69, 9.17) is 0 Å². The maximum Gasteiger partial charge on any atom is 0.119 e. The summed E-state index contributed by atoms with van der Waals surface area (Å²) in [6, 6.07) is 12.5. The summed E-state index contributed by atoms with van der Waals surface area (Å²) in [5, 5.41) is 10.0. The Balaban J connectivity index is 2.61. The van der Waals surface area contributed by atoms with E-state index in [9.17, 15) is 5.11 Å². The standard InChI is InChI=1S/C18H22O/c1-4-13-10-11-16(14(5-2)12-13)17-8-7-9-18(19)15(17)6-3/h7-12,19H,4-6H2,1-3H3. The molecule has 0 atom stereocenters. The van der Waals surface area contributed by atoms with Gasteiger partial charge in [-0.3, -0.25) is 0 Å². The zero-order chi connectivity index (χ0) is 13.8. The molecule has 0 fully saturated rings. The molecule has 0 heterocycles. The van der Waals surface area contributed by atoms with E-state index in [2.05, 4.69) is 45.0 Å². The molecule has 0 unspecified atom stereocenters. The van der Waals surface area contributed by atoms with Gasteiger partial charge in [0.1, 0.15) is 5.75 Å². The number of aromatic hydroxyl groups is 1. The molecule has 2 aromatic carbocycles. The molecule has 1 N–H and O–H groups in total. The Morgan fingerprint density at radius 2 is 1.63 bits per heavy atom. The van der Waals surface area contributed by atoms with E-state index in [1.165, 1.54) is 22.3 Å². The molecule has 2 aromatic rings. The van der Waals surface area contributed by atoms with Crippen LogP contribution >= 0.6 is 0 Å². The number of phenolic OH excluding ortho intramolecular Hbond substituents is 1. The van der Waals surface area contributed by atoms with Crippen LogP contribution in [0.15, 0.2) is 36.4 Å². The Labute approximate surface area is 115 Å². The first-order valence-corrected chi connectivity index (χ1v) is 7.14. The molecule has 100 valence electrons. The summed E-state index contributed by atoms with van der Waals surface area (Å²) >= 11 is 0. The van der Waals surface area contributed by atoms with Crippen molar-refractivity contribution in [1.82, 2.24) is 0 Å². The molecular formula is C18H22O. The Morgan fingerprint density at radius 3 is 2.26 bits per heavy atom. The minimum absolute atomic E-state index is 0.404. The summed E-state index contributed by atoms with van der Waals surface area (Å²) < 4.78 is 0. The van der Waals surface area contributed by atoms with E-state index in [1.54, 1.807) is 6.07 Å². The summed E-state index contributed by atoms with van der Waals surface area (Å²) in [4.78, 5) is 0. The predicted molar refractivity (Wildman–Crippen MR) is 81.7 cm³/mol. The number of phenols is 1. The zero-order valence-electron chi connectivity index (χ0n) is 12.0. The van der Waals surface area contributed by atoms with Gasteiger partial charge in [-0.05, 0) is 47.6 Å². The zero-order valence-corrected chi connectivity index (χ0v) is 12.0. The molecule has 0 amide bonds. The Morgan fingerprint density at radius 1 is 0.842 bits per heavy atom. The molecule has 2 rings (SSSR count). The van der Waals surface area contributed by atoms with Gasteiger partial charge in [-0.2, -0.15) is 0 Å². The van der Waals surface area contributed by atoms with Crippen molar-refractivity contribution in [2.24, 2.45) is 0 Å². The van der Waals surface area contributed by atoms with Crippen molar-refractivity contribution < 1.29 is 5.11 Å². The minimum atomic E-state index is 0.404. The van der Waals surface area contributed by atoms with Gasteiger partial charge >= 0.3 is 0 Å². The first-order chi connectivity index (χ1) is 9.21. The van der Waals surface area contributed by atoms with Gasteiger partial charge in [0.05, 0.1) is 0 Å². The van der Waals surface area contributed by atoms with Crippen molar-refractivity contribution in [3.63, 3.8) is 0 Å². The molecule has 0 aliphatic rings. The summed E-state index contributed by atoms with van der Waals surface area (Å²) in [6.45, 7) is 6.46. The third-order valence-corrected chi connectivity index (χ3v) is 3.75. The topological polar surface area (TPSA) is 20.2 Å². The van der Waals surface area contributed by atoms with Crippen LogP contribution in [0.3, 0.4) is 0 Å². The van der Waals surface area contributed by atoms with Gasteiger partial charge < -0.3 is 5.11 Å². The third kappa shape index (κ3) is 2.65. The fourth-order valence-electron chi connectivity index (χ4n) is 2.62. The second-order valence-corrected chi connectivity index (χ2v) is 4.86. The second-order valence-electron chi connectivity index (χ2n) is 4.86. The van der Waals surface area contributed by atoms with Crippen LogP contribution in [0.1, 0.15) is 37.5 Å². The van der Waals surface area contributed by atoms with Gasteiger partial charge in [0.25, 0.3) is 0 Å². The fraction of sp³-hybridized carbons (Fsp3) is 0.333. The van der Waals surface area contributed by atoms with Crippen molar-refractivity contribution in [2.45, 2.75) is 40.0 Å². The van der Waals surface area contributed by atoms with Crippen LogP contribution in [-0.2, 0) is 19.3 Å². The largest absolute Gasteiger partial charge is 0.508 e. The van der Waals surface area contributed by atoms with Crippen LogP contribution in [0.5, 0.6) is 5.75 Å². The highest BCUT2D eigenvalue weighted by Crippen LogP contribution is 2.33. The van der Waals surface area contributed by atoms with Gasteiger partial charge in [-0.25, -0.2) is 0 Å². The summed E-state index contributed by atoms with van der Waals surface area (Å²) in [7, 11) is 0. The lowest BCUT2D eigenvalue weighted by atomic mass is 9.91. The number of aryl methyl sites for hydroxylation is 2. The first-order valence-electron chi connectivity index (χ1n) is 7.14. The van der Waals surface area contributed by atoms with E-state index in [1.807, 2.05) is 6.07 Å². The molecule has 0 radical (unpaired) electrons. The molecule has 1 nitrogen and oxygen atoms in total. The second kappa shape index (κ2) is 5.92. The average Bonchev–Trinajstić information content (AvgIpc) is 2.46. The van der Waals surface area contributed by atoms with E-state index in [-0.39, 0.29) is 0 Å². The van der Waals surface area contributed by atoms with E-state index < -0.39 is 0 Å². The van der Waals surface area contributed by atoms with Crippen LogP contribution in [0.4, 0.5) is 0 Å². The van der Waals surface area contributed by atoms with Gasteiger partial charge in [0, 0.05) is 5.56 Å². The molecule has 0 aliphatic carbocycles. The van der Waals surface area contributed by atoms with Crippen molar-refractivity contribution in [2.75, 3.05) is 0 Å². The van der Waals surface area contributed by atoms with Crippen LogP contribution in [-0.4, -0.2) is 5.11 Å². The molecule has 0 spiro atoms. The summed E-state index contributed by atoms with van der Waals surface area (Å²) in [5.74, 6) is 0.404. The normalized spacial score (nSPS) is 10.7. The number of hydrogen-bond donors (Lipinski definition) is 1.